The van der Waals surface area contributed by atoms with E-state index in [1.165, 1.54) is 30.7 Å². The number of sulfonamides is 1. The average molecular weight is 535 g/mol. The molecule has 1 aliphatic heterocycles. The number of carbonyl (C=O) groups excluding carboxylic acids is 2. The highest BCUT2D eigenvalue weighted by atomic mass is 32.2. The zero-order valence-corrected chi connectivity index (χ0v) is 21.3. The smallest absolute Gasteiger partial charge is 0.322 e. The topological polar surface area (TPSA) is 160 Å². The van der Waals surface area contributed by atoms with Gasteiger partial charge in [-0.1, -0.05) is 0 Å². The third-order valence-corrected chi connectivity index (χ3v) is 6.90. The summed E-state index contributed by atoms with van der Waals surface area (Å²) in [5.41, 5.74) is -0.231. The maximum absolute atomic E-state index is 14.8. The molecule has 3 amide bonds. The summed E-state index contributed by atoms with van der Waals surface area (Å²) in [6.07, 6.45) is 4.03. The van der Waals surface area contributed by atoms with Gasteiger partial charge in [-0.3, -0.25) is 15.1 Å². The zero-order valence-electron chi connectivity index (χ0n) is 20.5. The molecule has 198 valence electrons. The van der Waals surface area contributed by atoms with Crippen LogP contribution in [0.15, 0.2) is 35.6 Å². The molecule has 1 fully saturated rings. The largest absolute Gasteiger partial charge is 0.378 e. The second-order valence-corrected chi connectivity index (χ2v) is 11.0. The van der Waals surface area contributed by atoms with E-state index in [-0.39, 0.29) is 28.9 Å². The van der Waals surface area contributed by atoms with Gasteiger partial charge in [-0.2, -0.15) is 4.98 Å². The first-order chi connectivity index (χ1) is 17.4. The predicted octanol–water partition coefficient (Wildman–Crippen LogP) is 0.988. The van der Waals surface area contributed by atoms with Crippen LogP contribution in [0.25, 0.3) is 16.8 Å². The van der Waals surface area contributed by atoms with Gasteiger partial charge in [-0.15, -0.1) is 5.10 Å². The lowest BCUT2D eigenvalue weighted by Gasteiger charge is -2.26. The molecular formula is C22H27FN8O5S. The zero-order chi connectivity index (χ0) is 26.8. The van der Waals surface area contributed by atoms with E-state index in [0.717, 1.165) is 4.52 Å². The number of hydrogen-bond donors (Lipinski definition) is 3. The van der Waals surface area contributed by atoms with E-state index in [0.29, 0.717) is 37.4 Å². The number of morpholine rings is 1. The van der Waals surface area contributed by atoms with Crippen LogP contribution in [0.4, 0.5) is 15.1 Å². The molecule has 3 N–H and O–H groups in total. The minimum atomic E-state index is -3.86. The Hall–Kier alpha value is -3.69. The Morgan fingerprint density at radius 3 is 2.57 bits per heavy atom. The molecule has 0 saturated carbocycles. The molecule has 37 heavy (non-hydrogen) atoms. The van der Waals surface area contributed by atoms with E-state index in [4.69, 9.17) is 4.74 Å². The summed E-state index contributed by atoms with van der Waals surface area (Å²) in [6, 6.07) is 1.81. The summed E-state index contributed by atoms with van der Waals surface area (Å²) < 4.78 is 49.0. The average Bonchev–Trinajstić information content (AvgIpc) is 3.24. The minimum absolute atomic E-state index is 0.0790. The van der Waals surface area contributed by atoms with Crippen molar-refractivity contribution in [3.05, 3.63) is 36.5 Å². The molecule has 15 heteroatoms. The maximum Gasteiger partial charge on any atom is 0.322 e. The number of nitrogens with one attached hydrogen (secondary N) is 3. The summed E-state index contributed by atoms with van der Waals surface area (Å²) in [6.45, 7) is 6.71. The number of nitrogens with zero attached hydrogens (tertiary/aromatic N) is 5. The molecule has 1 saturated heterocycles. The van der Waals surface area contributed by atoms with Gasteiger partial charge in [-0.25, -0.2) is 26.8 Å². The van der Waals surface area contributed by atoms with Crippen molar-refractivity contribution in [3.8, 4) is 11.1 Å². The van der Waals surface area contributed by atoms with Crippen LogP contribution in [-0.4, -0.2) is 83.2 Å². The van der Waals surface area contributed by atoms with Crippen LogP contribution in [-0.2, 0) is 19.6 Å². The van der Waals surface area contributed by atoms with Crippen molar-refractivity contribution in [1.29, 1.82) is 0 Å². The fourth-order valence-corrected chi connectivity index (χ4v) is 4.97. The molecule has 3 aromatic heterocycles. The Labute approximate surface area is 212 Å². The summed E-state index contributed by atoms with van der Waals surface area (Å²) in [7, 11) is -3.86. The second kappa shape index (κ2) is 10.4. The van der Waals surface area contributed by atoms with Gasteiger partial charge in [0.25, 0.3) is 5.95 Å². The summed E-state index contributed by atoms with van der Waals surface area (Å²) in [5, 5.41) is 8.86. The number of amides is 3. The standard InChI is InChI=1S/C22H27FN8O5S/c1-22(2,3)29-37(34,35)16-8-14(10-24-11-16)15-9-17(23)19-26-20(28-31(19)13-15)27-21(33)25-12-18(32)30-4-6-36-7-5-30/h8-11,13,29H,4-7,12H2,1-3H3,(H2,25,27,28,33). The summed E-state index contributed by atoms with van der Waals surface area (Å²) >= 11 is 0. The number of rotatable bonds is 6. The molecule has 4 heterocycles. The van der Waals surface area contributed by atoms with E-state index in [1.807, 2.05) is 0 Å². The summed E-state index contributed by atoms with van der Waals surface area (Å²) in [4.78, 5) is 33.8. The number of pyridine rings is 2. The monoisotopic (exact) mass is 534 g/mol. The molecule has 0 unspecified atom stereocenters. The van der Waals surface area contributed by atoms with Crippen LogP contribution in [0.5, 0.6) is 0 Å². The molecule has 0 radical (unpaired) electrons. The van der Waals surface area contributed by atoms with E-state index >= 15 is 0 Å². The van der Waals surface area contributed by atoms with Gasteiger partial charge in [-0.05, 0) is 32.9 Å². The number of anilines is 1. The molecule has 0 aromatic carbocycles. The molecule has 4 rings (SSSR count). The third-order valence-electron chi connectivity index (χ3n) is 5.18. The van der Waals surface area contributed by atoms with Crippen molar-refractivity contribution in [1.82, 2.24) is 34.5 Å². The van der Waals surface area contributed by atoms with Crippen molar-refractivity contribution in [2.45, 2.75) is 31.2 Å². The normalized spacial score (nSPS) is 14.5. The first-order valence-corrected chi connectivity index (χ1v) is 12.9. The molecule has 13 nitrogen and oxygen atoms in total. The van der Waals surface area contributed by atoms with Crippen LogP contribution in [0.1, 0.15) is 20.8 Å². The van der Waals surface area contributed by atoms with Gasteiger partial charge in [0, 0.05) is 48.3 Å². The van der Waals surface area contributed by atoms with Crippen molar-refractivity contribution < 1.29 is 27.1 Å². The van der Waals surface area contributed by atoms with Crippen molar-refractivity contribution in [2.24, 2.45) is 0 Å². The lowest BCUT2D eigenvalue weighted by Crippen LogP contribution is -2.46. The molecule has 0 atom stereocenters. The first-order valence-electron chi connectivity index (χ1n) is 11.4. The Morgan fingerprint density at radius 2 is 1.86 bits per heavy atom. The number of carbonyl (C=O) groups is 2. The summed E-state index contributed by atoms with van der Waals surface area (Å²) in [5.74, 6) is -1.19. The number of fused-ring (bicyclic) bond motifs is 1. The molecule has 3 aromatic rings. The number of ether oxygens (including phenoxy) is 1. The van der Waals surface area contributed by atoms with Crippen LogP contribution >= 0.6 is 0 Å². The lowest BCUT2D eigenvalue weighted by atomic mass is 10.1. The van der Waals surface area contributed by atoms with Crippen molar-refractivity contribution in [2.75, 3.05) is 38.2 Å². The van der Waals surface area contributed by atoms with Gasteiger partial charge in [0.05, 0.1) is 19.8 Å². The quantitative estimate of drug-likeness (QED) is 0.422. The van der Waals surface area contributed by atoms with Crippen molar-refractivity contribution >= 4 is 33.6 Å². The van der Waals surface area contributed by atoms with Crippen LogP contribution < -0.4 is 15.4 Å². The van der Waals surface area contributed by atoms with Crippen LogP contribution in [0.3, 0.4) is 0 Å². The van der Waals surface area contributed by atoms with Gasteiger partial charge >= 0.3 is 6.03 Å². The van der Waals surface area contributed by atoms with Gasteiger partial charge < -0.3 is 15.0 Å². The highest BCUT2D eigenvalue weighted by Crippen LogP contribution is 2.24. The van der Waals surface area contributed by atoms with E-state index < -0.39 is 27.4 Å². The molecule has 0 aliphatic carbocycles. The molecule has 0 spiro atoms. The van der Waals surface area contributed by atoms with E-state index in [2.05, 4.69) is 30.4 Å². The third kappa shape index (κ3) is 6.55. The van der Waals surface area contributed by atoms with E-state index in [9.17, 15) is 22.4 Å². The highest BCUT2D eigenvalue weighted by molar-refractivity contribution is 7.89. The fourth-order valence-electron chi connectivity index (χ4n) is 3.57. The van der Waals surface area contributed by atoms with Crippen LogP contribution in [0.2, 0.25) is 0 Å². The number of urea groups is 1. The minimum Gasteiger partial charge on any atom is -0.378 e. The Balaban J connectivity index is 1.49. The highest BCUT2D eigenvalue weighted by Gasteiger charge is 2.23. The Morgan fingerprint density at radius 1 is 1.14 bits per heavy atom. The lowest BCUT2D eigenvalue weighted by molar-refractivity contribution is -0.134. The van der Waals surface area contributed by atoms with Gasteiger partial charge in [0.1, 0.15) is 4.90 Å². The number of halogens is 1. The molecular weight excluding hydrogens is 507 g/mol. The van der Waals surface area contributed by atoms with Crippen LogP contribution in [0, 0.1) is 5.82 Å². The van der Waals surface area contributed by atoms with Gasteiger partial charge in [0.2, 0.25) is 15.9 Å². The maximum atomic E-state index is 14.8. The molecule has 1 aliphatic rings. The fraction of sp³-hybridized carbons (Fsp3) is 0.409. The van der Waals surface area contributed by atoms with Crippen molar-refractivity contribution in [3.63, 3.8) is 0 Å². The Bertz CT molecular complexity index is 1430. The SMILES string of the molecule is CC(C)(C)NS(=O)(=O)c1cncc(-c2cc(F)c3nc(NC(=O)NCC(=O)N4CCOCC4)nn3c2)c1. The predicted molar refractivity (Wildman–Crippen MR) is 131 cm³/mol. The molecule has 0 bridgehead atoms. The number of hydrogen-bond acceptors (Lipinski definition) is 8. The second-order valence-electron chi connectivity index (χ2n) is 9.35. The van der Waals surface area contributed by atoms with Gasteiger partial charge in [0.15, 0.2) is 11.5 Å². The first kappa shape index (κ1) is 26.4. The van der Waals surface area contributed by atoms with E-state index in [1.54, 1.807) is 25.7 Å². The number of aromatic nitrogens is 4. The Kier molecular flexibility index (Phi) is 7.38.